The van der Waals surface area contributed by atoms with Gasteiger partial charge in [0.25, 0.3) is 0 Å². The zero-order chi connectivity index (χ0) is 15.3. The molecule has 0 heterocycles. The number of carbonyl (C=O) groups excluding carboxylic acids is 1. The fraction of sp³-hybridized carbons (Fsp3) is 0.941. The van der Waals surface area contributed by atoms with E-state index in [0.29, 0.717) is 23.7 Å². The Balaban J connectivity index is 2.10. The van der Waals surface area contributed by atoms with Gasteiger partial charge in [-0.25, -0.2) is 0 Å². The maximum atomic E-state index is 12.3. The van der Waals surface area contributed by atoms with Crippen molar-refractivity contribution in [3.8, 4) is 0 Å². The van der Waals surface area contributed by atoms with Crippen molar-refractivity contribution in [2.75, 3.05) is 0 Å². The van der Waals surface area contributed by atoms with Gasteiger partial charge in [-0.05, 0) is 49.2 Å². The molecule has 0 saturated heterocycles. The summed E-state index contributed by atoms with van der Waals surface area (Å²) >= 11 is 0. The minimum atomic E-state index is -1.69. The van der Waals surface area contributed by atoms with Crippen LogP contribution < -0.4 is 0 Å². The van der Waals surface area contributed by atoms with Crippen molar-refractivity contribution in [1.82, 2.24) is 0 Å². The first-order valence-electron chi connectivity index (χ1n) is 8.19. The van der Waals surface area contributed by atoms with Crippen LogP contribution in [0.15, 0.2) is 0 Å². The second kappa shape index (κ2) is 4.94. The summed E-state index contributed by atoms with van der Waals surface area (Å²) in [6.45, 7) is 16.0. The smallest absolute Gasteiger partial charge is 0.192 e. The highest BCUT2D eigenvalue weighted by atomic mass is 28.4. The molecule has 0 aromatic carbocycles. The average Bonchev–Trinajstić information content (AvgIpc) is 2.56. The molecular weight excluding hydrogens is 264 g/mol. The minimum absolute atomic E-state index is 0.0622. The number of hydrogen-bond donors (Lipinski definition) is 0. The first-order chi connectivity index (χ1) is 8.98. The van der Waals surface area contributed by atoms with Crippen molar-refractivity contribution in [2.24, 2.45) is 17.3 Å². The Bertz CT molecular complexity index is 396. The van der Waals surface area contributed by atoms with E-state index in [2.05, 4.69) is 47.7 Å². The van der Waals surface area contributed by atoms with Crippen molar-refractivity contribution in [2.45, 2.75) is 84.5 Å². The topological polar surface area (TPSA) is 26.3 Å². The van der Waals surface area contributed by atoms with Gasteiger partial charge in [0.1, 0.15) is 5.78 Å². The Morgan fingerprint density at radius 1 is 1.25 bits per heavy atom. The zero-order valence-corrected chi connectivity index (χ0v) is 15.4. The highest BCUT2D eigenvalue weighted by Gasteiger charge is 2.54. The Kier molecular flexibility index (Phi) is 4.01. The summed E-state index contributed by atoms with van der Waals surface area (Å²) in [7, 11) is -1.69. The summed E-state index contributed by atoms with van der Waals surface area (Å²) in [4.78, 5) is 12.3. The molecule has 2 fully saturated rings. The molecule has 2 aliphatic rings. The molecule has 0 unspecified atom stereocenters. The van der Waals surface area contributed by atoms with Crippen LogP contribution in [0.1, 0.15) is 60.3 Å². The molecule has 0 radical (unpaired) electrons. The normalized spacial score (nSPS) is 39.0. The third-order valence-corrected chi connectivity index (χ3v) is 11.2. The summed E-state index contributed by atoms with van der Waals surface area (Å²) in [5, 5.41) is 0.266. The molecule has 20 heavy (non-hydrogen) atoms. The lowest BCUT2D eigenvalue weighted by atomic mass is 9.62. The Morgan fingerprint density at radius 2 is 1.85 bits per heavy atom. The number of fused-ring (bicyclic) bond motifs is 1. The number of ketones is 1. The lowest BCUT2D eigenvalue weighted by Gasteiger charge is -2.47. The summed E-state index contributed by atoms with van der Waals surface area (Å²) in [5.41, 5.74) is -0.0622. The van der Waals surface area contributed by atoms with Crippen LogP contribution >= 0.6 is 0 Å². The van der Waals surface area contributed by atoms with E-state index in [1.165, 1.54) is 0 Å². The minimum Gasteiger partial charge on any atom is -0.414 e. The molecule has 3 heteroatoms. The molecule has 0 N–H and O–H groups in total. The summed E-state index contributed by atoms with van der Waals surface area (Å²) in [5.74, 6) is 1.51. The van der Waals surface area contributed by atoms with E-state index in [0.717, 1.165) is 25.7 Å². The summed E-state index contributed by atoms with van der Waals surface area (Å²) in [6.07, 6.45) is 4.40. The van der Waals surface area contributed by atoms with Crippen LogP contribution in [0, 0.1) is 17.3 Å². The predicted octanol–water partition coefficient (Wildman–Crippen LogP) is 4.79. The van der Waals surface area contributed by atoms with E-state index >= 15 is 0 Å². The summed E-state index contributed by atoms with van der Waals surface area (Å²) < 4.78 is 6.63. The van der Waals surface area contributed by atoms with Crippen molar-refractivity contribution >= 4 is 14.1 Å². The van der Waals surface area contributed by atoms with Crippen LogP contribution in [0.5, 0.6) is 0 Å². The van der Waals surface area contributed by atoms with Gasteiger partial charge in [-0.1, -0.05) is 34.6 Å². The monoisotopic (exact) mass is 296 g/mol. The molecule has 0 amide bonds. The molecule has 0 aromatic heterocycles. The van der Waals surface area contributed by atoms with Crippen LogP contribution in [0.4, 0.5) is 0 Å². The van der Waals surface area contributed by atoms with Crippen LogP contribution in [0.25, 0.3) is 0 Å². The third-order valence-electron chi connectivity index (χ3n) is 6.62. The molecule has 4 atom stereocenters. The predicted molar refractivity (Wildman–Crippen MR) is 86.3 cm³/mol. The number of carbonyl (C=O) groups is 1. The average molecular weight is 297 g/mol. The highest BCUT2D eigenvalue weighted by molar-refractivity contribution is 6.74. The van der Waals surface area contributed by atoms with Gasteiger partial charge in [-0.15, -0.1) is 0 Å². The van der Waals surface area contributed by atoms with Gasteiger partial charge >= 0.3 is 0 Å². The molecule has 2 nitrogen and oxygen atoms in total. The van der Waals surface area contributed by atoms with Crippen molar-refractivity contribution in [3.63, 3.8) is 0 Å². The van der Waals surface area contributed by atoms with Gasteiger partial charge in [0.15, 0.2) is 8.32 Å². The van der Waals surface area contributed by atoms with E-state index in [-0.39, 0.29) is 10.5 Å². The van der Waals surface area contributed by atoms with E-state index in [1.54, 1.807) is 0 Å². The largest absolute Gasteiger partial charge is 0.414 e. The van der Waals surface area contributed by atoms with E-state index in [4.69, 9.17) is 4.43 Å². The number of rotatable bonds is 2. The van der Waals surface area contributed by atoms with Gasteiger partial charge in [0, 0.05) is 17.9 Å². The third kappa shape index (κ3) is 2.52. The summed E-state index contributed by atoms with van der Waals surface area (Å²) in [6, 6.07) is 0. The number of hydrogen-bond acceptors (Lipinski definition) is 2. The fourth-order valence-corrected chi connectivity index (χ4v) is 5.26. The van der Waals surface area contributed by atoms with Crippen LogP contribution in [-0.2, 0) is 9.22 Å². The molecule has 0 spiro atoms. The standard InChI is InChI=1S/C17H32O2Si/c1-12-10-14(19-20(6,7)16(2,3)4)11-13-8-9-15(18)17(12,13)5/h12-14H,8-11H2,1-7H3/t12-,13-,14+,17+/m1/s1. The van der Waals surface area contributed by atoms with Crippen molar-refractivity contribution in [3.05, 3.63) is 0 Å². The van der Waals surface area contributed by atoms with Gasteiger partial charge < -0.3 is 4.43 Å². The van der Waals surface area contributed by atoms with E-state index in [1.807, 2.05) is 0 Å². The van der Waals surface area contributed by atoms with Crippen LogP contribution in [0.3, 0.4) is 0 Å². The van der Waals surface area contributed by atoms with Crippen molar-refractivity contribution in [1.29, 1.82) is 0 Å². The molecule has 2 aliphatic carbocycles. The van der Waals surface area contributed by atoms with Crippen LogP contribution in [0.2, 0.25) is 18.1 Å². The molecule has 0 aromatic rings. The quantitative estimate of drug-likeness (QED) is 0.685. The molecule has 0 bridgehead atoms. The van der Waals surface area contributed by atoms with Gasteiger partial charge in [0.2, 0.25) is 0 Å². The molecular formula is C17H32O2Si. The fourth-order valence-electron chi connectivity index (χ4n) is 3.88. The van der Waals surface area contributed by atoms with Gasteiger partial charge in [-0.3, -0.25) is 4.79 Å². The van der Waals surface area contributed by atoms with E-state index in [9.17, 15) is 4.79 Å². The maximum Gasteiger partial charge on any atom is 0.192 e. The Morgan fingerprint density at radius 3 is 2.40 bits per heavy atom. The zero-order valence-electron chi connectivity index (χ0n) is 14.4. The highest BCUT2D eigenvalue weighted by Crippen LogP contribution is 2.54. The first-order valence-corrected chi connectivity index (χ1v) is 11.1. The second-order valence-electron chi connectivity index (χ2n) is 8.81. The molecule has 0 aliphatic heterocycles. The lowest BCUT2D eigenvalue weighted by molar-refractivity contribution is -0.132. The Hall–Kier alpha value is -0.153. The SMILES string of the molecule is C[C@@H]1C[C@H](O[Si](C)(C)C(C)(C)C)C[C@H]2CCC(=O)[C@]21C. The van der Waals surface area contributed by atoms with E-state index < -0.39 is 8.32 Å². The number of Topliss-reactive ketones (excluding diaryl/α,β-unsaturated/α-hetero) is 1. The van der Waals surface area contributed by atoms with Crippen molar-refractivity contribution < 1.29 is 9.22 Å². The lowest BCUT2D eigenvalue weighted by Crippen LogP contribution is -2.49. The van der Waals surface area contributed by atoms with Gasteiger partial charge in [0.05, 0.1) is 0 Å². The first kappa shape index (κ1) is 16.2. The van der Waals surface area contributed by atoms with Crippen LogP contribution in [-0.4, -0.2) is 20.2 Å². The van der Waals surface area contributed by atoms with Gasteiger partial charge in [-0.2, -0.15) is 0 Å². The second-order valence-corrected chi connectivity index (χ2v) is 13.6. The molecule has 2 rings (SSSR count). The molecule has 116 valence electrons. The Labute approximate surface area is 125 Å². The maximum absolute atomic E-state index is 12.3. The molecule has 2 saturated carbocycles.